The van der Waals surface area contributed by atoms with Gasteiger partial charge in [-0.15, -0.1) is 0 Å². The summed E-state index contributed by atoms with van der Waals surface area (Å²) >= 11 is 3.51. The minimum atomic E-state index is 0.771. The van der Waals surface area contributed by atoms with E-state index < -0.39 is 0 Å². The average molecular weight is 343 g/mol. The van der Waals surface area contributed by atoms with Crippen molar-refractivity contribution in [3.05, 3.63) is 71.0 Å². The van der Waals surface area contributed by atoms with E-state index in [-0.39, 0.29) is 0 Å². The number of aromatic nitrogens is 2. The summed E-state index contributed by atoms with van der Waals surface area (Å²) in [5, 5.41) is 0. The highest BCUT2D eigenvalue weighted by atomic mass is 79.9. The summed E-state index contributed by atoms with van der Waals surface area (Å²) in [6.45, 7) is 0.771. The lowest BCUT2D eigenvalue weighted by atomic mass is 10.1. The molecule has 0 N–H and O–H groups in total. The van der Waals surface area contributed by atoms with Gasteiger partial charge in [-0.1, -0.05) is 40.2 Å². The molecule has 0 aliphatic carbocycles. The lowest BCUT2D eigenvalue weighted by Crippen LogP contribution is -2.02. The summed E-state index contributed by atoms with van der Waals surface area (Å²) in [6.07, 6.45) is 3.81. The number of hydrogen-bond acceptors (Lipinski definition) is 2. The second kappa shape index (κ2) is 6.14. The van der Waals surface area contributed by atoms with Gasteiger partial charge in [-0.05, 0) is 29.8 Å². The number of hydrogen-bond donors (Lipinski definition) is 0. The normalized spacial score (nSPS) is 10.6. The van der Waals surface area contributed by atoms with Crippen molar-refractivity contribution in [2.75, 3.05) is 7.11 Å². The smallest absolute Gasteiger partial charge is 0.143 e. The Hall–Kier alpha value is -2.07. The van der Waals surface area contributed by atoms with E-state index in [2.05, 4.69) is 37.6 Å². The lowest BCUT2D eigenvalue weighted by molar-refractivity contribution is 0.416. The fraction of sp³-hybridized carbons (Fsp3) is 0.118. The van der Waals surface area contributed by atoms with Gasteiger partial charge < -0.3 is 9.30 Å². The third-order valence-electron chi connectivity index (χ3n) is 3.31. The first-order chi connectivity index (χ1) is 10.3. The zero-order chi connectivity index (χ0) is 14.7. The fourth-order valence-electron chi connectivity index (χ4n) is 2.34. The zero-order valence-corrected chi connectivity index (χ0v) is 13.2. The van der Waals surface area contributed by atoms with Gasteiger partial charge in [0.1, 0.15) is 11.6 Å². The van der Waals surface area contributed by atoms with E-state index >= 15 is 0 Å². The third kappa shape index (κ3) is 3.00. The topological polar surface area (TPSA) is 27.1 Å². The second-order valence-corrected chi connectivity index (χ2v) is 5.62. The average Bonchev–Trinajstić information content (AvgIpc) is 2.95. The van der Waals surface area contributed by atoms with Crippen LogP contribution in [0.4, 0.5) is 0 Å². The summed E-state index contributed by atoms with van der Waals surface area (Å²) in [5.74, 6) is 1.74. The molecular weight excluding hydrogens is 328 g/mol. The maximum Gasteiger partial charge on any atom is 0.143 e. The first-order valence-electron chi connectivity index (χ1n) is 6.67. The predicted molar refractivity (Wildman–Crippen MR) is 87.5 cm³/mol. The molecule has 0 saturated heterocycles. The maximum atomic E-state index is 5.43. The molecule has 3 rings (SSSR count). The predicted octanol–water partition coefficient (Wildman–Crippen LogP) is 4.37. The zero-order valence-electron chi connectivity index (χ0n) is 11.7. The number of methoxy groups -OCH3 is 1. The van der Waals surface area contributed by atoms with Gasteiger partial charge in [0.2, 0.25) is 0 Å². The largest absolute Gasteiger partial charge is 0.496 e. The molecule has 4 heteroatoms. The number of rotatable bonds is 4. The van der Waals surface area contributed by atoms with E-state index in [4.69, 9.17) is 4.74 Å². The lowest BCUT2D eigenvalue weighted by Gasteiger charge is -2.11. The molecule has 0 fully saturated rings. The van der Waals surface area contributed by atoms with Crippen LogP contribution in [0.1, 0.15) is 5.56 Å². The molecule has 0 amide bonds. The highest BCUT2D eigenvalue weighted by Gasteiger charge is 2.11. The molecule has 1 aromatic heterocycles. The van der Waals surface area contributed by atoms with Gasteiger partial charge in [0.15, 0.2) is 0 Å². The first kappa shape index (κ1) is 13.9. The summed E-state index contributed by atoms with van der Waals surface area (Å²) < 4.78 is 8.64. The molecule has 0 unspecified atom stereocenters. The molecule has 106 valence electrons. The minimum Gasteiger partial charge on any atom is -0.496 e. The number of ether oxygens (including phenoxy) is 1. The van der Waals surface area contributed by atoms with Gasteiger partial charge in [-0.3, -0.25) is 0 Å². The Morgan fingerprint density at radius 3 is 2.81 bits per heavy atom. The van der Waals surface area contributed by atoms with Crippen LogP contribution in [-0.4, -0.2) is 16.7 Å². The fourth-order valence-corrected chi connectivity index (χ4v) is 2.79. The van der Waals surface area contributed by atoms with Crippen LogP contribution in [0.3, 0.4) is 0 Å². The first-order valence-corrected chi connectivity index (χ1v) is 7.46. The van der Waals surface area contributed by atoms with Crippen molar-refractivity contribution in [2.45, 2.75) is 6.54 Å². The van der Waals surface area contributed by atoms with Crippen molar-refractivity contribution in [1.82, 2.24) is 9.55 Å². The third-order valence-corrected chi connectivity index (χ3v) is 3.80. The van der Waals surface area contributed by atoms with Gasteiger partial charge >= 0.3 is 0 Å². The van der Waals surface area contributed by atoms with Crippen molar-refractivity contribution >= 4 is 15.9 Å². The van der Waals surface area contributed by atoms with Crippen LogP contribution < -0.4 is 4.74 Å². The molecule has 0 bridgehead atoms. The van der Waals surface area contributed by atoms with E-state index in [1.807, 2.05) is 48.8 Å². The molecule has 2 aromatic carbocycles. The summed E-state index contributed by atoms with van der Waals surface area (Å²) in [7, 11) is 1.68. The number of halogens is 1. The van der Waals surface area contributed by atoms with E-state index in [1.54, 1.807) is 7.11 Å². The number of para-hydroxylation sites is 1. The molecule has 3 nitrogen and oxygen atoms in total. The Balaban J connectivity index is 1.98. The van der Waals surface area contributed by atoms with Gasteiger partial charge in [0, 0.05) is 23.4 Å². The maximum absolute atomic E-state index is 5.43. The van der Waals surface area contributed by atoms with Crippen LogP contribution in [-0.2, 0) is 6.54 Å². The second-order valence-electron chi connectivity index (χ2n) is 4.71. The highest BCUT2D eigenvalue weighted by Crippen LogP contribution is 2.28. The quantitative estimate of drug-likeness (QED) is 0.703. The van der Waals surface area contributed by atoms with Crippen molar-refractivity contribution in [3.63, 3.8) is 0 Å². The molecule has 0 radical (unpaired) electrons. The SMILES string of the molecule is COc1ccccc1-c1nccn1Cc1cccc(Br)c1. The Kier molecular flexibility index (Phi) is 4.06. The van der Waals surface area contributed by atoms with Crippen molar-refractivity contribution in [2.24, 2.45) is 0 Å². The van der Waals surface area contributed by atoms with Gasteiger partial charge in [0.25, 0.3) is 0 Å². The summed E-state index contributed by atoms with van der Waals surface area (Å²) in [4.78, 5) is 4.48. The van der Waals surface area contributed by atoms with Crippen molar-refractivity contribution < 1.29 is 4.74 Å². The molecule has 0 aliphatic rings. The van der Waals surface area contributed by atoms with Crippen LogP contribution in [0, 0.1) is 0 Å². The Bertz CT molecular complexity index is 752. The van der Waals surface area contributed by atoms with Crippen LogP contribution in [0.5, 0.6) is 5.75 Å². The number of nitrogens with zero attached hydrogens (tertiary/aromatic N) is 2. The monoisotopic (exact) mass is 342 g/mol. The molecule has 1 heterocycles. The Labute approximate surface area is 132 Å². The van der Waals surface area contributed by atoms with E-state index in [1.165, 1.54) is 5.56 Å². The van der Waals surface area contributed by atoms with Crippen molar-refractivity contribution in [1.29, 1.82) is 0 Å². The van der Waals surface area contributed by atoms with E-state index in [9.17, 15) is 0 Å². The molecular formula is C17H15BrN2O. The van der Waals surface area contributed by atoms with E-state index in [0.29, 0.717) is 0 Å². The molecule has 0 atom stereocenters. The standard InChI is InChI=1S/C17H15BrN2O/c1-21-16-8-3-2-7-15(16)17-19-9-10-20(17)12-13-5-4-6-14(18)11-13/h2-11H,12H2,1H3. The molecule has 3 aromatic rings. The summed E-state index contributed by atoms with van der Waals surface area (Å²) in [5.41, 5.74) is 2.22. The highest BCUT2D eigenvalue weighted by molar-refractivity contribution is 9.10. The molecule has 0 saturated carbocycles. The van der Waals surface area contributed by atoms with Crippen molar-refractivity contribution in [3.8, 4) is 17.1 Å². The Morgan fingerprint density at radius 1 is 1.14 bits per heavy atom. The summed E-state index contributed by atoms with van der Waals surface area (Å²) in [6, 6.07) is 16.2. The number of benzene rings is 2. The molecule has 0 spiro atoms. The molecule has 21 heavy (non-hydrogen) atoms. The minimum absolute atomic E-state index is 0.771. The van der Waals surface area contributed by atoms with E-state index in [0.717, 1.165) is 28.2 Å². The van der Waals surface area contributed by atoms with Gasteiger partial charge in [0.05, 0.1) is 12.7 Å². The van der Waals surface area contributed by atoms with Gasteiger partial charge in [-0.25, -0.2) is 4.98 Å². The van der Waals surface area contributed by atoms with Crippen LogP contribution in [0.15, 0.2) is 65.4 Å². The number of imidazole rings is 1. The van der Waals surface area contributed by atoms with Crippen LogP contribution >= 0.6 is 15.9 Å². The van der Waals surface area contributed by atoms with Gasteiger partial charge in [-0.2, -0.15) is 0 Å². The van der Waals surface area contributed by atoms with Crippen LogP contribution in [0.25, 0.3) is 11.4 Å². The molecule has 0 aliphatic heterocycles. The van der Waals surface area contributed by atoms with Crippen LogP contribution in [0.2, 0.25) is 0 Å². The Morgan fingerprint density at radius 2 is 2.00 bits per heavy atom.